The van der Waals surface area contributed by atoms with Crippen molar-refractivity contribution in [3.63, 3.8) is 0 Å². The Kier molecular flexibility index (Phi) is 10.1. The Morgan fingerprint density at radius 2 is 1.79 bits per heavy atom. The fourth-order valence-electron chi connectivity index (χ4n) is 9.85. The summed E-state index contributed by atoms with van der Waals surface area (Å²) in [6.07, 6.45) is 3.35. The molecule has 5 aromatic rings. The number of hydrogen-bond donors (Lipinski definition) is 3. The van der Waals surface area contributed by atoms with Crippen molar-refractivity contribution in [1.82, 2.24) is 9.88 Å². The van der Waals surface area contributed by atoms with E-state index in [0.717, 1.165) is 51.9 Å². The summed E-state index contributed by atoms with van der Waals surface area (Å²) in [5, 5.41) is 15.3. The van der Waals surface area contributed by atoms with Gasteiger partial charge in [-0.3, -0.25) is 14.4 Å². The molecule has 2 saturated heterocycles. The second-order valence-corrected chi connectivity index (χ2v) is 20.8. The number of H-pyrrole nitrogens is 1. The number of carbonyl (C=O) groups is 3. The van der Waals surface area contributed by atoms with Gasteiger partial charge in [0.2, 0.25) is 11.8 Å². The summed E-state index contributed by atoms with van der Waals surface area (Å²) in [6.45, 7) is 7.57. The van der Waals surface area contributed by atoms with Crippen molar-refractivity contribution >= 4 is 53.3 Å². The van der Waals surface area contributed by atoms with Crippen LogP contribution in [-0.2, 0) is 37.7 Å². The lowest BCUT2D eigenvalue weighted by atomic mass is 9.82. The second-order valence-electron chi connectivity index (χ2n) is 16.1. The van der Waals surface area contributed by atoms with Gasteiger partial charge >= 0.3 is 0 Å². The molecule has 4 heterocycles. The third-order valence-electron chi connectivity index (χ3n) is 12.6. The molecule has 56 heavy (non-hydrogen) atoms. The van der Waals surface area contributed by atoms with Gasteiger partial charge in [0.15, 0.2) is 5.60 Å². The summed E-state index contributed by atoms with van der Waals surface area (Å²) >= 11 is 0. The molecule has 2 fully saturated rings. The molecule has 3 N–H and O–H groups in total. The van der Waals surface area contributed by atoms with Crippen LogP contribution in [0.25, 0.3) is 10.9 Å². The van der Waals surface area contributed by atoms with E-state index in [0.29, 0.717) is 12.2 Å². The van der Waals surface area contributed by atoms with Crippen LogP contribution in [0.1, 0.15) is 42.9 Å². The minimum absolute atomic E-state index is 0.0422. The van der Waals surface area contributed by atoms with E-state index < -0.39 is 19.8 Å². The molecule has 0 unspecified atom stereocenters. The lowest BCUT2D eigenvalue weighted by molar-refractivity contribution is -0.150. The van der Waals surface area contributed by atoms with Crippen LogP contribution in [-0.4, -0.2) is 73.2 Å². The highest BCUT2D eigenvalue weighted by atomic mass is 28.3. The van der Waals surface area contributed by atoms with Crippen LogP contribution in [0.4, 0.5) is 11.4 Å². The van der Waals surface area contributed by atoms with Gasteiger partial charge in [0, 0.05) is 40.8 Å². The summed E-state index contributed by atoms with van der Waals surface area (Å²) < 4.78 is 12.7. The number of para-hydroxylation sites is 2. The maximum atomic E-state index is 15.2. The zero-order chi connectivity index (χ0) is 39.2. The molecule has 3 aliphatic rings. The number of aliphatic hydroxyl groups is 1. The Hall–Kier alpha value is -5.23. The van der Waals surface area contributed by atoms with Gasteiger partial charge in [-0.15, -0.1) is 0 Å². The Morgan fingerprint density at radius 1 is 1.02 bits per heavy atom. The van der Waals surface area contributed by atoms with E-state index in [1.165, 1.54) is 5.19 Å². The highest BCUT2D eigenvalue weighted by molar-refractivity contribution is 6.91. The number of rotatable bonds is 11. The number of benzene rings is 4. The van der Waals surface area contributed by atoms with Gasteiger partial charge in [-0.05, 0) is 65.9 Å². The predicted octanol–water partition coefficient (Wildman–Crippen LogP) is 6.49. The molecule has 5 atom stereocenters. The van der Waals surface area contributed by atoms with E-state index in [1.54, 1.807) is 12.0 Å². The van der Waals surface area contributed by atoms with Gasteiger partial charge in [0.05, 0.1) is 59.0 Å². The number of amides is 3. The van der Waals surface area contributed by atoms with Gasteiger partial charge in [-0.25, -0.2) is 0 Å². The summed E-state index contributed by atoms with van der Waals surface area (Å²) in [5.41, 5.74) is 3.64. The molecule has 3 aliphatic heterocycles. The van der Waals surface area contributed by atoms with Crippen molar-refractivity contribution in [3.8, 4) is 5.75 Å². The molecule has 10 nitrogen and oxygen atoms in total. The van der Waals surface area contributed by atoms with Crippen LogP contribution in [0.5, 0.6) is 5.75 Å². The molecular formula is C45H50N4O6Si. The van der Waals surface area contributed by atoms with Crippen molar-refractivity contribution in [2.45, 2.75) is 75.5 Å². The summed E-state index contributed by atoms with van der Waals surface area (Å²) in [6, 6.07) is 31.4. The normalized spacial score (nSPS) is 23.3. The Balaban J connectivity index is 1.09. The number of nitrogens with zero attached hydrogens (tertiary/aromatic N) is 2. The fraction of sp³-hybridized carbons (Fsp3) is 0.356. The number of nitrogens with one attached hydrogen (secondary N) is 2. The number of methoxy groups -OCH3 is 1. The minimum atomic E-state index is -2.46. The van der Waals surface area contributed by atoms with Crippen molar-refractivity contribution in [3.05, 3.63) is 120 Å². The lowest BCUT2D eigenvalue weighted by Gasteiger charge is -2.37. The number of aromatic nitrogens is 1. The minimum Gasteiger partial charge on any atom is -0.497 e. The standard InChI is InChI=1S/C45H50N4O6Si/c1-29-43(56(3,4)35-20-18-34(54-2)19-21-35)40(25-42(52)48-22-10-13-33(48)28-50)55-45(29)37-15-6-8-17-39(37)49(44(45)53)27-30-11-9-12-32(23-30)47-41(51)24-31-26-46-38-16-7-5-14-36(31)38/h5-9,11-12,14-21,23,26,29,33,40,43,46,50H,10,13,22,24-25,27-28H2,1-4H3,(H,47,51)/t29-,33+,40+,43-,45+/m1/s1. The molecule has 11 heteroatoms. The second kappa shape index (κ2) is 15.0. The Labute approximate surface area is 328 Å². The number of anilines is 2. The number of likely N-dealkylation sites (tertiary alicyclic amines) is 1. The first-order valence-electron chi connectivity index (χ1n) is 19.6. The monoisotopic (exact) mass is 770 g/mol. The van der Waals surface area contributed by atoms with Gasteiger partial charge in [0.1, 0.15) is 5.75 Å². The zero-order valence-corrected chi connectivity index (χ0v) is 33.5. The van der Waals surface area contributed by atoms with Crippen LogP contribution >= 0.6 is 0 Å². The number of aromatic amines is 1. The first-order chi connectivity index (χ1) is 27.0. The molecular weight excluding hydrogens is 721 g/mol. The van der Waals surface area contributed by atoms with Crippen molar-refractivity contribution in [1.29, 1.82) is 0 Å². The van der Waals surface area contributed by atoms with Crippen molar-refractivity contribution in [2.24, 2.45) is 5.92 Å². The van der Waals surface area contributed by atoms with Gasteiger partial charge in [-0.2, -0.15) is 0 Å². The number of carbonyl (C=O) groups excluding carboxylic acids is 3. The molecule has 8 rings (SSSR count). The first-order valence-corrected chi connectivity index (χ1v) is 22.7. The van der Waals surface area contributed by atoms with Crippen LogP contribution in [0.15, 0.2) is 103 Å². The van der Waals surface area contributed by atoms with Crippen molar-refractivity contribution in [2.75, 3.05) is 30.5 Å². The smallest absolute Gasteiger partial charge is 0.264 e. The number of hydrogen-bond acceptors (Lipinski definition) is 6. The highest BCUT2D eigenvalue weighted by Gasteiger charge is 2.66. The van der Waals surface area contributed by atoms with E-state index in [2.05, 4.69) is 42.5 Å². The highest BCUT2D eigenvalue weighted by Crippen LogP contribution is 2.60. The van der Waals surface area contributed by atoms with E-state index in [-0.39, 0.29) is 61.2 Å². The molecule has 0 saturated carbocycles. The van der Waals surface area contributed by atoms with Crippen LogP contribution in [0.2, 0.25) is 18.6 Å². The predicted molar refractivity (Wildman–Crippen MR) is 221 cm³/mol. The van der Waals surface area contributed by atoms with Crippen LogP contribution < -0.4 is 20.1 Å². The summed E-state index contributed by atoms with van der Waals surface area (Å²) in [5.74, 6) is 0.199. The molecule has 290 valence electrons. The third kappa shape index (κ3) is 6.51. The lowest BCUT2D eigenvalue weighted by Crippen LogP contribution is -2.52. The molecule has 1 spiro atoms. The molecule has 0 bridgehead atoms. The van der Waals surface area contributed by atoms with Crippen molar-refractivity contribution < 1.29 is 29.0 Å². The molecule has 0 radical (unpaired) electrons. The van der Waals surface area contributed by atoms with Gasteiger partial charge in [-0.1, -0.05) is 85.9 Å². The van der Waals surface area contributed by atoms with Gasteiger partial charge in [0.25, 0.3) is 5.91 Å². The van der Waals surface area contributed by atoms with Gasteiger partial charge < -0.3 is 34.7 Å². The third-order valence-corrected chi connectivity index (χ3v) is 17.0. The molecule has 1 aromatic heterocycles. The number of fused-ring (bicyclic) bond motifs is 3. The largest absolute Gasteiger partial charge is 0.497 e. The number of ether oxygens (including phenoxy) is 2. The molecule has 3 amide bonds. The Bertz CT molecular complexity index is 2270. The fourth-order valence-corrected chi connectivity index (χ4v) is 13.9. The topological polar surface area (TPSA) is 124 Å². The first kappa shape index (κ1) is 37.7. The van der Waals surface area contributed by atoms with E-state index in [4.69, 9.17) is 9.47 Å². The maximum Gasteiger partial charge on any atom is 0.264 e. The van der Waals surface area contributed by atoms with E-state index in [1.807, 2.05) is 96.0 Å². The zero-order valence-electron chi connectivity index (χ0n) is 32.5. The number of aliphatic hydroxyl groups excluding tert-OH is 1. The maximum absolute atomic E-state index is 15.2. The molecule has 4 aromatic carbocycles. The Morgan fingerprint density at radius 3 is 2.57 bits per heavy atom. The average molecular weight is 771 g/mol. The van der Waals surface area contributed by atoms with Crippen LogP contribution in [0, 0.1) is 5.92 Å². The molecule has 0 aliphatic carbocycles. The van der Waals surface area contributed by atoms with E-state index >= 15 is 4.79 Å². The van der Waals surface area contributed by atoms with Crippen LogP contribution in [0.3, 0.4) is 0 Å². The average Bonchev–Trinajstić information content (AvgIpc) is 3.97. The van der Waals surface area contributed by atoms with E-state index in [9.17, 15) is 14.7 Å². The quantitative estimate of drug-likeness (QED) is 0.132. The summed E-state index contributed by atoms with van der Waals surface area (Å²) in [7, 11) is -0.802. The summed E-state index contributed by atoms with van der Waals surface area (Å²) in [4.78, 5) is 49.4. The SMILES string of the molecule is COc1ccc([Si](C)(C)[C@H]2[C@H](CC(=O)N3CCC[C@H]3CO)O[C@@]3(C(=O)N(Cc4cccc(NC(=O)Cc5c[nH]c6ccccc56)c4)c4ccccc43)[C@@H]2C)cc1.